The van der Waals surface area contributed by atoms with Gasteiger partial charge in [-0.05, 0) is 30.4 Å². The van der Waals surface area contributed by atoms with Gasteiger partial charge in [-0.2, -0.15) is 0 Å². The Morgan fingerprint density at radius 2 is 1.50 bits per heavy atom. The molecule has 0 bridgehead atoms. The summed E-state index contributed by atoms with van der Waals surface area (Å²) < 4.78 is 0. The van der Waals surface area contributed by atoms with Crippen molar-refractivity contribution in [3.8, 4) is 0 Å². The van der Waals surface area contributed by atoms with E-state index >= 15 is 0 Å². The van der Waals surface area contributed by atoms with E-state index in [0.29, 0.717) is 0 Å². The molecule has 1 unspecified atom stereocenters. The minimum atomic E-state index is 0.723. The van der Waals surface area contributed by atoms with Gasteiger partial charge in [0.1, 0.15) is 0 Å². The molecule has 0 nitrogen and oxygen atoms in total. The highest BCUT2D eigenvalue weighted by Crippen LogP contribution is 2.25. The molecule has 0 heterocycles. The Morgan fingerprint density at radius 3 is 2.05 bits per heavy atom. The summed E-state index contributed by atoms with van der Waals surface area (Å²) in [7, 11) is 0. The van der Waals surface area contributed by atoms with Gasteiger partial charge in [-0.1, -0.05) is 95.9 Å². The SMILES string of the molecule is CCCCCCCCCCCC(CC)c1[c]cccc1. The molecule has 1 radical (unpaired) electrons. The monoisotopic (exact) mass is 273 g/mol. The standard InChI is InChI=1S/C20H33/c1-3-5-6-7-8-9-10-11-13-16-19(4-2)20-17-14-12-15-18-20/h12,14-15,17,19H,3-11,13,16H2,1-2H3. The summed E-state index contributed by atoms with van der Waals surface area (Å²) in [4.78, 5) is 0. The molecule has 0 aliphatic rings. The van der Waals surface area contributed by atoms with E-state index in [1.54, 1.807) is 0 Å². The molecule has 0 N–H and O–H groups in total. The van der Waals surface area contributed by atoms with Gasteiger partial charge < -0.3 is 0 Å². The lowest BCUT2D eigenvalue weighted by Crippen LogP contribution is -1.97. The molecular weight excluding hydrogens is 240 g/mol. The lowest BCUT2D eigenvalue weighted by atomic mass is 9.91. The van der Waals surface area contributed by atoms with Crippen molar-refractivity contribution < 1.29 is 0 Å². The zero-order valence-corrected chi connectivity index (χ0v) is 13.7. The molecule has 0 saturated carbocycles. The lowest BCUT2D eigenvalue weighted by Gasteiger charge is -2.14. The molecule has 1 atom stereocenters. The molecule has 1 aromatic rings. The number of hydrogen-bond donors (Lipinski definition) is 0. The van der Waals surface area contributed by atoms with Crippen LogP contribution in [0.5, 0.6) is 0 Å². The molecule has 0 aliphatic heterocycles. The summed E-state index contributed by atoms with van der Waals surface area (Å²) in [5.41, 5.74) is 1.41. The summed E-state index contributed by atoms with van der Waals surface area (Å²) in [5.74, 6) is 0.723. The maximum atomic E-state index is 3.40. The second-order valence-corrected chi connectivity index (χ2v) is 6.04. The minimum Gasteiger partial charge on any atom is -0.0654 e. The quantitative estimate of drug-likeness (QED) is 0.363. The van der Waals surface area contributed by atoms with E-state index in [0.717, 1.165) is 5.92 Å². The van der Waals surface area contributed by atoms with Crippen molar-refractivity contribution in [2.24, 2.45) is 0 Å². The van der Waals surface area contributed by atoms with Crippen molar-refractivity contribution in [2.45, 2.75) is 90.4 Å². The van der Waals surface area contributed by atoms with Crippen LogP contribution in [0.15, 0.2) is 24.3 Å². The molecule has 0 aromatic heterocycles. The average Bonchev–Trinajstić information content (AvgIpc) is 2.50. The van der Waals surface area contributed by atoms with Crippen molar-refractivity contribution in [3.63, 3.8) is 0 Å². The Bertz CT molecular complexity index is 301. The normalized spacial score (nSPS) is 12.5. The van der Waals surface area contributed by atoms with Gasteiger partial charge in [-0.25, -0.2) is 0 Å². The Balaban J connectivity index is 2.02. The van der Waals surface area contributed by atoms with E-state index in [9.17, 15) is 0 Å². The topological polar surface area (TPSA) is 0 Å². The van der Waals surface area contributed by atoms with Crippen molar-refractivity contribution in [2.75, 3.05) is 0 Å². The first kappa shape index (κ1) is 17.3. The number of benzene rings is 1. The first-order chi connectivity index (χ1) is 9.88. The van der Waals surface area contributed by atoms with Crippen LogP contribution >= 0.6 is 0 Å². The number of rotatable bonds is 12. The predicted octanol–water partition coefficient (Wildman–Crippen LogP) is 6.90. The van der Waals surface area contributed by atoms with Crippen molar-refractivity contribution in [1.82, 2.24) is 0 Å². The highest BCUT2D eigenvalue weighted by atomic mass is 14.1. The smallest absolute Gasteiger partial charge is 0.0146 e. The molecule has 20 heavy (non-hydrogen) atoms. The fourth-order valence-corrected chi connectivity index (χ4v) is 2.94. The summed E-state index contributed by atoms with van der Waals surface area (Å²) in [5, 5.41) is 0. The zero-order valence-electron chi connectivity index (χ0n) is 13.7. The molecule has 0 saturated heterocycles. The van der Waals surface area contributed by atoms with Crippen LogP contribution in [-0.2, 0) is 0 Å². The van der Waals surface area contributed by atoms with Gasteiger partial charge in [0.15, 0.2) is 0 Å². The Hall–Kier alpha value is -0.780. The Kier molecular flexibility index (Phi) is 10.4. The predicted molar refractivity (Wildman–Crippen MR) is 90.2 cm³/mol. The van der Waals surface area contributed by atoms with Gasteiger partial charge >= 0.3 is 0 Å². The zero-order chi connectivity index (χ0) is 14.5. The molecule has 0 heteroatoms. The van der Waals surface area contributed by atoms with Gasteiger partial charge in [0.25, 0.3) is 0 Å². The average molecular weight is 273 g/mol. The first-order valence-corrected chi connectivity index (χ1v) is 8.85. The maximum absolute atomic E-state index is 3.40. The van der Waals surface area contributed by atoms with Crippen LogP contribution in [0.2, 0.25) is 0 Å². The minimum absolute atomic E-state index is 0.723. The van der Waals surface area contributed by atoms with Crippen LogP contribution < -0.4 is 0 Å². The number of unbranched alkanes of at least 4 members (excludes halogenated alkanes) is 8. The van der Waals surface area contributed by atoms with Gasteiger partial charge in [0, 0.05) is 0 Å². The van der Waals surface area contributed by atoms with E-state index in [1.807, 2.05) is 6.07 Å². The highest BCUT2D eigenvalue weighted by Gasteiger charge is 2.08. The molecule has 0 fully saturated rings. The van der Waals surface area contributed by atoms with E-state index in [1.165, 1.54) is 76.2 Å². The van der Waals surface area contributed by atoms with Gasteiger partial charge in [0.2, 0.25) is 0 Å². The summed E-state index contributed by atoms with van der Waals surface area (Å²) >= 11 is 0. The molecular formula is C20H33. The first-order valence-electron chi connectivity index (χ1n) is 8.85. The largest absolute Gasteiger partial charge is 0.0654 e. The van der Waals surface area contributed by atoms with Gasteiger partial charge in [-0.3, -0.25) is 0 Å². The van der Waals surface area contributed by atoms with Gasteiger partial charge in [-0.15, -0.1) is 0 Å². The summed E-state index contributed by atoms with van der Waals surface area (Å²) in [6.07, 6.45) is 15.4. The highest BCUT2D eigenvalue weighted by molar-refractivity contribution is 5.17. The van der Waals surface area contributed by atoms with E-state index < -0.39 is 0 Å². The maximum Gasteiger partial charge on any atom is -0.0146 e. The van der Waals surface area contributed by atoms with Crippen LogP contribution in [0.25, 0.3) is 0 Å². The van der Waals surface area contributed by atoms with Crippen LogP contribution in [0, 0.1) is 6.07 Å². The van der Waals surface area contributed by atoms with Crippen LogP contribution in [0.1, 0.15) is 96.0 Å². The number of hydrogen-bond acceptors (Lipinski definition) is 0. The molecule has 0 amide bonds. The molecule has 0 aliphatic carbocycles. The van der Waals surface area contributed by atoms with Crippen LogP contribution in [0.3, 0.4) is 0 Å². The second-order valence-electron chi connectivity index (χ2n) is 6.04. The van der Waals surface area contributed by atoms with E-state index in [2.05, 4.69) is 38.1 Å². The van der Waals surface area contributed by atoms with Crippen LogP contribution in [0.4, 0.5) is 0 Å². The van der Waals surface area contributed by atoms with Crippen molar-refractivity contribution in [1.29, 1.82) is 0 Å². The Morgan fingerprint density at radius 1 is 0.850 bits per heavy atom. The van der Waals surface area contributed by atoms with Gasteiger partial charge in [0.05, 0.1) is 0 Å². The van der Waals surface area contributed by atoms with E-state index in [-0.39, 0.29) is 0 Å². The summed E-state index contributed by atoms with van der Waals surface area (Å²) in [6.45, 7) is 4.59. The van der Waals surface area contributed by atoms with Crippen molar-refractivity contribution >= 4 is 0 Å². The third-order valence-corrected chi connectivity index (χ3v) is 4.32. The molecule has 1 aromatic carbocycles. The Labute approximate surface area is 127 Å². The summed E-state index contributed by atoms with van der Waals surface area (Å²) in [6, 6.07) is 11.9. The van der Waals surface area contributed by atoms with Crippen molar-refractivity contribution in [3.05, 3.63) is 35.9 Å². The fraction of sp³-hybridized carbons (Fsp3) is 0.700. The lowest BCUT2D eigenvalue weighted by molar-refractivity contribution is 0.519. The third kappa shape index (κ3) is 7.72. The molecule has 113 valence electrons. The third-order valence-electron chi connectivity index (χ3n) is 4.32. The van der Waals surface area contributed by atoms with E-state index in [4.69, 9.17) is 0 Å². The molecule has 0 spiro atoms. The second kappa shape index (κ2) is 12.0. The van der Waals surface area contributed by atoms with Crippen LogP contribution in [-0.4, -0.2) is 0 Å². The fourth-order valence-electron chi connectivity index (χ4n) is 2.94. The molecule has 1 rings (SSSR count).